The highest BCUT2D eigenvalue weighted by Gasteiger charge is 2.32. The van der Waals surface area contributed by atoms with Crippen LogP contribution in [0.2, 0.25) is 0 Å². The van der Waals surface area contributed by atoms with E-state index in [9.17, 15) is 94.3 Å². The van der Waals surface area contributed by atoms with Crippen LogP contribution in [0.25, 0.3) is 66.4 Å². The number of hydrogen-bond acceptors (Lipinski definition) is 22. The van der Waals surface area contributed by atoms with Crippen LogP contribution >= 0.6 is 0 Å². The van der Waals surface area contributed by atoms with E-state index >= 15 is 0 Å². The van der Waals surface area contributed by atoms with Gasteiger partial charge in [-0.1, -0.05) is 60.7 Å². The fourth-order valence-corrected chi connectivity index (χ4v) is 16.4. The quantitative estimate of drug-likeness (QED) is 0.0209. The molecule has 1 saturated carbocycles. The maximum atomic E-state index is 14.6. The van der Waals surface area contributed by atoms with Crippen molar-refractivity contribution in [1.29, 1.82) is 0 Å². The number of nitrogens with two attached hydrogens (primary N) is 2. The van der Waals surface area contributed by atoms with Gasteiger partial charge in [0, 0.05) is 81.6 Å². The lowest BCUT2D eigenvalue weighted by molar-refractivity contribution is -0.123. The molecule has 143 heavy (non-hydrogen) atoms. The fourth-order valence-electron chi connectivity index (χ4n) is 16.4. The number of ether oxygens (including phenoxy) is 2. The molecule has 13 N–H and O–H groups in total. The molecular formula is C102H97F4N19O18. The number of pyridine rings is 4. The number of aromatic amines is 4. The number of likely N-dealkylation sites (N-methyl/N-ethyl adjacent to an activating group) is 1. The molecule has 3 amide bonds. The van der Waals surface area contributed by atoms with Crippen LogP contribution in [0.1, 0.15) is 93.5 Å². The van der Waals surface area contributed by atoms with Crippen molar-refractivity contribution in [1.82, 2.24) is 61.8 Å². The summed E-state index contributed by atoms with van der Waals surface area (Å²) in [7, 11) is 7.29. The minimum atomic E-state index is -1.04. The number of carbonyl (C=O) groups excluding carboxylic acids is 4. The van der Waals surface area contributed by atoms with E-state index in [0.29, 0.717) is 68.5 Å². The van der Waals surface area contributed by atoms with Gasteiger partial charge in [0.1, 0.15) is 79.6 Å². The molecule has 736 valence electrons. The molecule has 1 fully saturated rings. The first-order valence-corrected chi connectivity index (χ1v) is 44.4. The van der Waals surface area contributed by atoms with E-state index in [1.54, 1.807) is 151 Å². The summed E-state index contributed by atoms with van der Waals surface area (Å²) in [6.07, 6.45) is 2.52. The van der Waals surface area contributed by atoms with Gasteiger partial charge in [-0.3, -0.25) is 114 Å². The lowest BCUT2D eigenvalue weighted by Gasteiger charge is -2.23. The molecule has 8 heterocycles. The molecule has 0 bridgehead atoms. The molecule has 0 saturated heterocycles. The Morgan fingerprint density at radius 2 is 0.671 bits per heavy atom. The number of fused-ring (bicyclic) bond motifs is 4. The van der Waals surface area contributed by atoms with Crippen molar-refractivity contribution in [2.75, 3.05) is 41.5 Å². The first-order valence-electron chi connectivity index (χ1n) is 44.4. The number of amides is 3. The van der Waals surface area contributed by atoms with Crippen LogP contribution in [0, 0.1) is 84.6 Å². The number of Topliss-reactive ketones (excluding diaryl/α,β-unsaturated/α-hetero) is 1. The second kappa shape index (κ2) is 40.5. The summed E-state index contributed by atoms with van der Waals surface area (Å²) >= 11 is 0. The fraction of sp³-hybridized carbons (Fsp3) is 0.216. The number of aryl methyl sites for hydroxylation is 8. The van der Waals surface area contributed by atoms with E-state index in [4.69, 9.17) is 20.9 Å². The van der Waals surface area contributed by atoms with Gasteiger partial charge >= 0.3 is 22.8 Å². The van der Waals surface area contributed by atoms with Gasteiger partial charge in [0.2, 0.25) is 5.91 Å². The highest BCUT2D eigenvalue weighted by molar-refractivity contribution is 5.99. The Morgan fingerprint density at radius 1 is 0.385 bits per heavy atom. The first-order chi connectivity index (χ1) is 67.7. The third kappa shape index (κ3) is 20.3. The molecule has 8 aromatic heterocycles. The zero-order valence-corrected chi connectivity index (χ0v) is 79.9. The lowest BCUT2D eigenvalue weighted by atomic mass is 9.84. The lowest BCUT2D eigenvalue weighted by Crippen LogP contribution is -2.36. The Bertz CT molecular complexity index is 8830. The highest BCUT2D eigenvalue weighted by Crippen LogP contribution is 2.37. The van der Waals surface area contributed by atoms with Crippen LogP contribution in [0.15, 0.2) is 227 Å². The summed E-state index contributed by atoms with van der Waals surface area (Å²) in [6, 6.07) is 43.7. The van der Waals surface area contributed by atoms with Crippen LogP contribution in [0.5, 0.6) is 11.5 Å². The van der Waals surface area contributed by atoms with E-state index < -0.39 is 108 Å². The van der Waals surface area contributed by atoms with Gasteiger partial charge in [-0.05, 0) is 213 Å². The maximum Gasteiger partial charge on any atom is 0.333 e. The van der Waals surface area contributed by atoms with Crippen LogP contribution in [0.3, 0.4) is 0 Å². The average Bonchev–Trinajstić information content (AvgIpc) is 1.48. The summed E-state index contributed by atoms with van der Waals surface area (Å²) < 4.78 is 78.9. The Hall–Kier alpha value is -18.1. The zero-order valence-electron chi connectivity index (χ0n) is 79.9. The number of nitrogens with zero attached hydrogens (tertiary/aromatic N) is 8. The van der Waals surface area contributed by atoms with E-state index in [2.05, 4.69) is 46.5 Å². The first kappa shape index (κ1) is 101. The van der Waals surface area contributed by atoms with Crippen LogP contribution < -0.4 is 115 Å². The summed E-state index contributed by atoms with van der Waals surface area (Å²) in [5.41, 5.74) is 7.78. The maximum absolute atomic E-state index is 14.6. The van der Waals surface area contributed by atoms with Crippen molar-refractivity contribution >= 4 is 113 Å². The number of H-pyrrole nitrogens is 4. The van der Waals surface area contributed by atoms with Gasteiger partial charge in [-0.2, -0.15) is 0 Å². The van der Waals surface area contributed by atoms with Gasteiger partial charge in [0.25, 0.3) is 56.3 Å². The van der Waals surface area contributed by atoms with E-state index in [-0.39, 0.29) is 148 Å². The summed E-state index contributed by atoms with van der Waals surface area (Å²) in [5.74, 6) is -2.84. The van der Waals surface area contributed by atoms with Gasteiger partial charge in [0.05, 0.1) is 73.0 Å². The standard InChI is InChI=1S/C27H25FN4O4.C26H26FN5O4.C25H24FN5O5.C24H22FN5O5/c1-14-7-10-20(19(28)11-14)29-24-22-23(15(2)26(35)31(24)3)32(27(36)30-25(22)34)18-6-4-5-17(13-18)21(33)12-16-8-9-16;1-13-9-10-18(17(27)11-13)29-21-19-20(14(2)23(34)31(21)5)32(25(36)30-22(19)33)16-8-6-7-15(12-16)26(3,4)24(28)35;1-13-8-9-18(17(26)10-13)28-22-20-21(14(2)24(34)30(22)4)31(25(35)29-23(20)33)15-6-5-7-16(11-15)36-12-19(32)27-3;1-12-7-8-17(16(25)9-12)27-21-19-20(13(2)23(33)29(21)3)30(24(34)28-22(19)32)14-5-4-6-15(10-14)35-11-18(26)31/h4-7,10-11,13,16,29H,8-9,12H2,1-3H3,(H,30,34,36);6-12,29H,1-5H3,(H2,28,35)(H,30,33,36);5-11,28H,12H2,1-4H3,(H,27,32)(H,29,33,35);4-10,27H,11H2,1-3H3,(H2,26,31)(H,28,32,34). The van der Waals surface area contributed by atoms with E-state index in [1.165, 1.54) is 156 Å². The number of halogens is 4. The topological polar surface area (TPSA) is 506 Å². The van der Waals surface area contributed by atoms with Crippen molar-refractivity contribution in [2.45, 2.75) is 93.9 Å². The smallest absolute Gasteiger partial charge is 0.333 e. The molecule has 0 atom stereocenters. The van der Waals surface area contributed by atoms with Crippen molar-refractivity contribution in [3.63, 3.8) is 0 Å². The Labute approximate surface area is 806 Å². The van der Waals surface area contributed by atoms with Crippen LogP contribution in [0.4, 0.5) is 63.6 Å². The SMILES string of the molecule is CNC(=O)COc1cccc(-n2c(=O)[nH]c(=O)c3c(Nc4ccc(C)cc4F)n(C)c(=O)c(C)c32)c1.Cc1ccc(Nc2c3c(=O)[nH]c(=O)n(-c4cccc(C(=O)CC5CC5)c4)c3c(C)c(=O)n2C)c(F)c1.Cc1ccc(Nc2c3c(=O)[nH]c(=O)n(-c4cccc(C(C)(C)C(N)=O)c4)c3c(C)c(=O)n2C)c(F)c1.Cc1ccc(Nc2c3c(=O)[nH]c(=O)n(-c4cccc(OCC(N)=O)c4)c3c(C)c(=O)n2C)c(F)c1. The average molecular weight is 1950 g/mol. The molecular weight excluding hydrogens is 1860 g/mol. The third-order valence-corrected chi connectivity index (χ3v) is 24.4. The van der Waals surface area contributed by atoms with Gasteiger partial charge < -0.3 is 47.5 Å². The third-order valence-electron chi connectivity index (χ3n) is 24.4. The Morgan fingerprint density at radius 3 is 0.958 bits per heavy atom. The Kier molecular flexibility index (Phi) is 28.6. The summed E-state index contributed by atoms with van der Waals surface area (Å²) in [6.45, 7) is 15.7. The minimum Gasteiger partial charge on any atom is -0.484 e. The summed E-state index contributed by atoms with van der Waals surface area (Å²) in [5, 5.41) is 13.9. The number of nitrogens with one attached hydrogen (secondary N) is 9. The monoisotopic (exact) mass is 1950 g/mol. The van der Waals surface area contributed by atoms with Gasteiger partial charge in [-0.25, -0.2) is 36.7 Å². The number of benzene rings is 8. The second-order valence-corrected chi connectivity index (χ2v) is 34.9. The molecule has 8 aromatic carbocycles. The number of hydrogen-bond donors (Lipinski definition) is 11. The predicted octanol–water partition coefficient (Wildman–Crippen LogP) is 10.2. The number of carbonyl (C=O) groups is 4. The number of ketones is 1. The molecule has 16 aromatic rings. The van der Waals surface area contributed by atoms with Crippen molar-refractivity contribution in [3.05, 3.63) is 374 Å². The second-order valence-electron chi connectivity index (χ2n) is 34.9. The molecule has 0 aliphatic heterocycles. The molecule has 17 rings (SSSR count). The van der Waals surface area contributed by atoms with Crippen molar-refractivity contribution in [2.24, 2.45) is 45.6 Å². The van der Waals surface area contributed by atoms with E-state index in [1.807, 2.05) is 0 Å². The minimum absolute atomic E-state index is 0.00580. The predicted molar refractivity (Wildman–Crippen MR) is 536 cm³/mol. The normalized spacial score (nSPS) is 11.7. The van der Waals surface area contributed by atoms with Crippen molar-refractivity contribution in [3.8, 4) is 34.2 Å². The molecule has 1 aliphatic carbocycles. The number of aromatic nitrogens is 12. The van der Waals surface area contributed by atoms with Crippen molar-refractivity contribution < 1.29 is 46.2 Å². The van der Waals surface area contributed by atoms with Gasteiger partial charge in [-0.15, -0.1) is 0 Å². The van der Waals surface area contributed by atoms with Crippen LogP contribution in [-0.2, 0) is 48.0 Å². The number of primary amides is 2. The largest absolute Gasteiger partial charge is 0.484 e. The van der Waals surface area contributed by atoms with E-state index in [0.717, 1.165) is 17.4 Å². The molecule has 0 spiro atoms. The molecule has 0 radical (unpaired) electrons. The number of anilines is 8. The van der Waals surface area contributed by atoms with Gasteiger partial charge in [0.15, 0.2) is 19.0 Å². The Balaban J connectivity index is 0.000000151. The zero-order chi connectivity index (χ0) is 104. The molecule has 0 unspecified atom stereocenters. The molecule has 1 aliphatic rings. The van der Waals surface area contributed by atoms with Crippen LogP contribution in [-0.4, -0.2) is 100 Å². The number of rotatable bonds is 23. The molecule has 41 heteroatoms. The molecule has 37 nitrogen and oxygen atoms in total. The highest BCUT2D eigenvalue weighted by atomic mass is 19.1. The summed E-state index contributed by atoms with van der Waals surface area (Å²) in [4.78, 5) is 213.